The van der Waals surface area contributed by atoms with E-state index < -0.39 is 0 Å². The second-order valence-electron chi connectivity index (χ2n) is 4.31. The first kappa shape index (κ1) is 10.0. The Hall–Kier alpha value is -0.0800. The zero-order chi connectivity index (χ0) is 9.03. The molecule has 12 heavy (non-hydrogen) atoms. The molecule has 72 valence electrons. The van der Waals surface area contributed by atoms with E-state index in [0.717, 1.165) is 6.42 Å². The van der Waals surface area contributed by atoms with Gasteiger partial charge in [-0.1, -0.05) is 26.2 Å². The number of hydrogen-bond acceptors (Lipinski definition) is 2. The minimum absolute atomic E-state index is 0.164. The molecule has 0 saturated heterocycles. The van der Waals surface area contributed by atoms with E-state index in [1.807, 2.05) is 0 Å². The second kappa shape index (κ2) is 4.24. The summed E-state index contributed by atoms with van der Waals surface area (Å²) in [5.41, 5.74) is 5.60. The molecule has 0 heterocycles. The van der Waals surface area contributed by atoms with Gasteiger partial charge in [0.05, 0.1) is 6.10 Å². The molecular weight excluding hydrogens is 150 g/mol. The van der Waals surface area contributed by atoms with Crippen LogP contribution >= 0.6 is 0 Å². The smallest absolute Gasteiger partial charge is 0.0605 e. The molecule has 0 aromatic carbocycles. The third-order valence-corrected chi connectivity index (χ3v) is 3.24. The summed E-state index contributed by atoms with van der Waals surface area (Å²) in [5, 5.41) is 9.85. The molecule has 1 aliphatic carbocycles. The van der Waals surface area contributed by atoms with Crippen LogP contribution in [0.15, 0.2) is 0 Å². The summed E-state index contributed by atoms with van der Waals surface area (Å²) >= 11 is 0. The summed E-state index contributed by atoms with van der Waals surface area (Å²) in [6.45, 7) is 2.81. The maximum Gasteiger partial charge on any atom is 0.0605 e. The zero-order valence-corrected chi connectivity index (χ0v) is 8.05. The van der Waals surface area contributed by atoms with Crippen LogP contribution in [0, 0.1) is 5.41 Å². The van der Waals surface area contributed by atoms with Crippen LogP contribution in [-0.4, -0.2) is 17.8 Å². The van der Waals surface area contributed by atoms with Crippen molar-refractivity contribution in [3.8, 4) is 0 Å². The third-order valence-electron chi connectivity index (χ3n) is 3.24. The van der Waals surface area contributed by atoms with Crippen molar-refractivity contribution in [2.45, 2.75) is 51.6 Å². The van der Waals surface area contributed by atoms with Crippen LogP contribution in [0.1, 0.15) is 45.4 Å². The number of aliphatic hydroxyl groups is 1. The van der Waals surface area contributed by atoms with Gasteiger partial charge in [0.2, 0.25) is 0 Å². The van der Waals surface area contributed by atoms with E-state index in [4.69, 9.17) is 5.73 Å². The first-order valence-electron chi connectivity index (χ1n) is 5.07. The molecule has 0 spiro atoms. The van der Waals surface area contributed by atoms with Crippen LogP contribution in [-0.2, 0) is 0 Å². The second-order valence-corrected chi connectivity index (χ2v) is 4.31. The first-order valence-corrected chi connectivity index (χ1v) is 5.07. The van der Waals surface area contributed by atoms with Gasteiger partial charge in [-0.3, -0.25) is 0 Å². The molecular formula is C10H21NO. The maximum absolute atomic E-state index is 9.85. The summed E-state index contributed by atoms with van der Waals surface area (Å²) in [4.78, 5) is 0. The lowest BCUT2D eigenvalue weighted by Crippen LogP contribution is -2.35. The Kier molecular flexibility index (Phi) is 3.53. The Morgan fingerprint density at radius 3 is 2.42 bits per heavy atom. The zero-order valence-electron chi connectivity index (χ0n) is 8.05. The normalized spacial score (nSPS) is 25.2. The molecule has 0 bridgehead atoms. The van der Waals surface area contributed by atoms with E-state index in [0.29, 0.717) is 6.54 Å². The lowest BCUT2D eigenvalue weighted by Gasteiger charge is -2.37. The summed E-state index contributed by atoms with van der Waals surface area (Å²) in [6, 6.07) is 0. The summed E-state index contributed by atoms with van der Waals surface area (Å²) in [7, 11) is 0. The molecule has 0 radical (unpaired) electrons. The maximum atomic E-state index is 9.85. The molecule has 0 unspecified atom stereocenters. The SMILES string of the molecule is CC1([C@@H](O)CCN)CCCCC1. The van der Waals surface area contributed by atoms with Crippen molar-refractivity contribution < 1.29 is 5.11 Å². The van der Waals surface area contributed by atoms with E-state index in [1.165, 1.54) is 32.1 Å². The monoisotopic (exact) mass is 171 g/mol. The van der Waals surface area contributed by atoms with Crippen LogP contribution in [0.3, 0.4) is 0 Å². The minimum atomic E-state index is -0.178. The fraction of sp³-hybridized carbons (Fsp3) is 1.00. The standard InChI is InChI=1S/C10H21NO/c1-10(9(12)5-8-11)6-3-2-4-7-10/h9,12H,2-8,11H2,1H3/t9-/m0/s1. The average Bonchev–Trinajstić information content (AvgIpc) is 2.06. The van der Waals surface area contributed by atoms with Crippen LogP contribution in [0.25, 0.3) is 0 Å². The molecule has 1 aliphatic rings. The Balaban J connectivity index is 2.44. The summed E-state index contributed by atoms with van der Waals surface area (Å²) in [6.07, 6.45) is 6.82. The molecule has 1 atom stereocenters. The molecule has 3 N–H and O–H groups in total. The van der Waals surface area contributed by atoms with Gasteiger partial charge in [0, 0.05) is 0 Å². The summed E-state index contributed by atoms with van der Waals surface area (Å²) in [5.74, 6) is 0. The van der Waals surface area contributed by atoms with Gasteiger partial charge >= 0.3 is 0 Å². The van der Waals surface area contributed by atoms with E-state index in [9.17, 15) is 5.11 Å². The van der Waals surface area contributed by atoms with Crippen molar-refractivity contribution >= 4 is 0 Å². The molecule has 2 heteroatoms. The minimum Gasteiger partial charge on any atom is -0.393 e. The molecule has 1 saturated carbocycles. The Labute approximate surface area is 75.2 Å². The van der Waals surface area contributed by atoms with Gasteiger partial charge in [-0.15, -0.1) is 0 Å². The van der Waals surface area contributed by atoms with Crippen LogP contribution in [0.5, 0.6) is 0 Å². The fourth-order valence-electron chi connectivity index (χ4n) is 2.20. The lowest BCUT2D eigenvalue weighted by atomic mass is 9.71. The topological polar surface area (TPSA) is 46.2 Å². The highest BCUT2D eigenvalue weighted by molar-refractivity contribution is 4.85. The Morgan fingerprint density at radius 2 is 1.92 bits per heavy atom. The van der Waals surface area contributed by atoms with Crippen molar-refractivity contribution in [1.29, 1.82) is 0 Å². The molecule has 0 aliphatic heterocycles. The van der Waals surface area contributed by atoms with E-state index in [-0.39, 0.29) is 11.5 Å². The molecule has 0 amide bonds. The van der Waals surface area contributed by atoms with Gasteiger partial charge in [0.25, 0.3) is 0 Å². The molecule has 1 rings (SSSR count). The van der Waals surface area contributed by atoms with E-state index >= 15 is 0 Å². The largest absolute Gasteiger partial charge is 0.393 e. The number of rotatable bonds is 3. The van der Waals surface area contributed by atoms with Crippen molar-refractivity contribution in [1.82, 2.24) is 0 Å². The van der Waals surface area contributed by atoms with Gasteiger partial charge in [0.15, 0.2) is 0 Å². The fourth-order valence-corrected chi connectivity index (χ4v) is 2.20. The highest BCUT2D eigenvalue weighted by atomic mass is 16.3. The van der Waals surface area contributed by atoms with E-state index in [1.54, 1.807) is 0 Å². The van der Waals surface area contributed by atoms with Crippen molar-refractivity contribution in [3.63, 3.8) is 0 Å². The van der Waals surface area contributed by atoms with Gasteiger partial charge in [-0.2, -0.15) is 0 Å². The number of nitrogens with two attached hydrogens (primary N) is 1. The number of aliphatic hydroxyl groups excluding tert-OH is 1. The molecule has 0 aromatic heterocycles. The predicted octanol–water partition coefficient (Wildman–Crippen LogP) is 1.67. The molecule has 1 fully saturated rings. The Morgan fingerprint density at radius 1 is 1.33 bits per heavy atom. The van der Waals surface area contributed by atoms with Crippen LogP contribution in [0.4, 0.5) is 0 Å². The van der Waals surface area contributed by atoms with E-state index in [2.05, 4.69) is 6.92 Å². The molecule has 2 nitrogen and oxygen atoms in total. The lowest BCUT2D eigenvalue weighted by molar-refractivity contribution is 0.00602. The van der Waals surface area contributed by atoms with Gasteiger partial charge in [-0.25, -0.2) is 0 Å². The quantitative estimate of drug-likeness (QED) is 0.678. The van der Waals surface area contributed by atoms with Gasteiger partial charge in [-0.05, 0) is 31.2 Å². The van der Waals surface area contributed by atoms with Crippen molar-refractivity contribution in [2.24, 2.45) is 11.1 Å². The first-order chi connectivity index (χ1) is 5.69. The van der Waals surface area contributed by atoms with Crippen molar-refractivity contribution in [2.75, 3.05) is 6.54 Å². The Bertz CT molecular complexity index is 130. The molecule has 0 aromatic rings. The van der Waals surface area contributed by atoms with Crippen LogP contribution < -0.4 is 5.73 Å². The average molecular weight is 171 g/mol. The van der Waals surface area contributed by atoms with Gasteiger partial charge in [0.1, 0.15) is 0 Å². The highest BCUT2D eigenvalue weighted by Crippen LogP contribution is 2.39. The van der Waals surface area contributed by atoms with Crippen molar-refractivity contribution in [3.05, 3.63) is 0 Å². The third kappa shape index (κ3) is 2.20. The predicted molar refractivity (Wildman–Crippen MR) is 50.9 cm³/mol. The summed E-state index contributed by atoms with van der Waals surface area (Å²) < 4.78 is 0. The van der Waals surface area contributed by atoms with Crippen LogP contribution in [0.2, 0.25) is 0 Å². The van der Waals surface area contributed by atoms with Gasteiger partial charge < -0.3 is 10.8 Å². The number of hydrogen-bond donors (Lipinski definition) is 2. The highest BCUT2D eigenvalue weighted by Gasteiger charge is 2.33.